The monoisotopic (exact) mass is 322 g/mol. The fourth-order valence-corrected chi connectivity index (χ4v) is 3.66. The Morgan fingerprint density at radius 3 is 2.88 bits per heavy atom. The van der Waals surface area contributed by atoms with Crippen molar-refractivity contribution >= 4 is 5.91 Å². The van der Waals surface area contributed by atoms with Crippen molar-refractivity contribution in [3.8, 4) is 0 Å². The largest absolute Gasteiger partial charge is 0.328 e. The van der Waals surface area contributed by atoms with Crippen LogP contribution in [0.5, 0.6) is 0 Å². The van der Waals surface area contributed by atoms with E-state index in [9.17, 15) is 4.79 Å². The lowest BCUT2D eigenvalue weighted by atomic mass is 10.1. The number of amides is 1. The summed E-state index contributed by atoms with van der Waals surface area (Å²) in [4.78, 5) is 26.5. The van der Waals surface area contributed by atoms with Gasteiger partial charge in [-0.25, -0.2) is 9.97 Å². The quantitative estimate of drug-likeness (QED) is 0.852. The minimum atomic E-state index is 0.00247. The predicted molar refractivity (Wildman–Crippen MR) is 91.5 cm³/mol. The summed E-state index contributed by atoms with van der Waals surface area (Å²) in [6, 6.07) is 9.50. The van der Waals surface area contributed by atoms with Gasteiger partial charge in [0.2, 0.25) is 0 Å². The summed E-state index contributed by atoms with van der Waals surface area (Å²) in [5.74, 6) is 0.888. The minimum absolute atomic E-state index is 0.00247. The topological polar surface area (TPSA) is 49.3 Å². The molecule has 1 aromatic carbocycles. The maximum absolute atomic E-state index is 12.8. The number of likely N-dealkylation sites (N-methyl/N-ethyl adjacent to an activating group) is 1. The highest BCUT2D eigenvalue weighted by Crippen LogP contribution is 2.32. The van der Waals surface area contributed by atoms with Gasteiger partial charge < -0.3 is 9.80 Å². The molecule has 1 amide bonds. The molecule has 0 saturated carbocycles. The molecule has 2 aliphatic rings. The maximum atomic E-state index is 12.8. The van der Waals surface area contributed by atoms with Crippen molar-refractivity contribution in [3.63, 3.8) is 0 Å². The van der Waals surface area contributed by atoms with Gasteiger partial charge in [-0.15, -0.1) is 0 Å². The van der Waals surface area contributed by atoms with Gasteiger partial charge in [0.1, 0.15) is 0 Å². The molecule has 3 heterocycles. The van der Waals surface area contributed by atoms with Crippen LogP contribution >= 0.6 is 0 Å². The molecule has 24 heavy (non-hydrogen) atoms. The van der Waals surface area contributed by atoms with E-state index in [1.807, 2.05) is 41.4 Å². The number of carbonyl (C=O) groups excluding carboxylic acids is 1. The van der Waals surface area contributed by atoms with Crippen LogP contribution < -0.4 is 0 Å². The Morgan fingerprint density at radius 2 is 2.04 bits per heavy atom. The van der Waals surface area contributed by atoms with Crippen LogP contribution in [0.3, 0.4) is 0 Å². The lowest BCUT2D eigenvalue weighted by molar-refractivity contribution is 0.0729. The van der Waals surface area contributed by atoms with Crippen molar-refractivity contribution < 1.29 is 4.79 Å². The fraction of sp³-hybridized carbons (Fsp3) is 0.421. The molecule has 5 heteroatoms. The second-order valence-corrected chi connectivity index (χ2v) is 6.71. The third kappa shape index (κ3) is 2.80. The van der Waals surface area contributed by atoms with Crippen LogP contribution in [-0.2, 0) is 13.0 Å². The van der Waals surface area contributed by atoms with Crippen molar-refractivity contribution in [2.45, 2.75) is 31.8 Å². The average Bonchev–Trinajstić information content (AvgIpc) is 3.11. The molecular formula is C19H22N4O. The van der Waals surface area contributed by atoms with E-state index >= 15 is 0 Å². The molecule has 0 bridgehead atoms. The number of rotatable bonds is 2. The molecule has 0 radical (unpaired) electrons. The number of hydrogen-bond acceptors (Lipinski definition) is 4. The second-order valence-electron chi connectivity index (χ2n) is 6.71. The van der Waals surface area contributed by atoms with Crippen LogP contribution in [0.2, 0.25) is 0 Å². The van der Waals surface area contributed by atoms with Crippen LogP contribution in [0, 0.1) is 0 Å². The highest BCUT2D eigenvalue weighted by molar-refractivity contribution is 5.94. The molecule has 5 nitrogen and oxygen atoms in total. The number of likely N-dealkylation sites (tertiary alicyclic amines) is 1. The van der Waals surface area contributed by atoms with Crippen molar-refractivity contribution in [2.24, 2.45) is 0 Å². The van der Waals surface area contributed by atoms with Crippen LogP contribution in [0.1, 0.15) is 46.3 Å². The summed E-state index contributed by atoms with van der Waals surface area (Å²) < 4.78 is 0. The molecule has 0 aliphatic carbocycles. The van der Waals surface area contributed by atoms with Gasteiger partial charge in [-0.3, -0.25) is 4.79 Å². The molecule has 1 fully saturated rings. The molecule has 1 unspecified atom stereocenters. The van der Waals surface area contributed by atoms with Crippen LogP contribution in [-0.4, -0.2) is 45.8 Å². The summed E-state index contributed by atoms with van der Waals surface area (Å²) >= 11 is 0. The molecule has 2 aliphatic heterocycles. The standard InChI is InChI=1S/C19H22N4O/c1-22-11-9-16-15(13-22)12-20-18(21-16)17-8-5-10-23(17)19(24)14-6-3-2-4-7-14/h2-4,6-7,12,17H,5,8-11,13H2,1H3. The predicted octanol–water partition coefficient (Wildman–Crippen LogP) is 2.44. The van der Waals surface area contributed by atoms with E-state index < -0.39 is 0 Å². The number of nitrogens with zero attached hydrogens (tertiary/aromatic N) is 4. The Bertz CT molecular complexity index is 746. The van der Waals surface area contributed by atoms with Crippen LogP contribution in [0.15, 0.2) is 36.5 Å². The summed E-state index contributed by atoms with van der Waals surface area (Å²) in [6.07, 6.45) is 4.86. The van der Waals surface area contributed by atoms with E-state index in [-0.39, 0.29) is 11.9 Å². The molecule has 1 aromatic heterocycles. The van der Waals surface area contributed by atoms with Gasteiger partial charge in [0.25, 0.3) is 5.91 Å². The lowest BCUT2D eigenvalue weighted by Gasteiger charge is -2.27. The summed E-state index contributed by atoms with van der Waals surface area (Å²) in [5, 5.41) is 0. The molecule has 1 saturated heterocycles. The SMILES string of the molecule is CN1CCc2nc(C3CCCN3C(=O)c3ccccc3)ncc2C1. The van der Waals surface area contributed by atoms with Crippen LogP contribution in [0.4, 0.5) is 0 Å². The zero-order valence-corrected chi connectivity index (χ0v) is 14.0. The number of aromatic nitrogens is 2. The van der Waals surface area contributed by atoms with Gasteiger partial charge >= 0.3 is 0 Å². The summed E-state index contributed by atoms with van der Waals surface area (Å²) in [5.41, 5.74) is 3.10. The Hall–Kier alpha value is -2.27. The highest BCUT2D eigenvalue weighted by atomic mass is 16.2. The molecule has 0 spiro atoms. The minimum Gasteiger partial charge on any atom is -0.328 e. The van der Waals surface area contributed by atoms with E-state index in [0.717, 1.165) is 56.0 Å². The smallest absolute Gasteiger partial charge is 0.254 e. The van der Waals surface area contributed by atoms with Crippen molar-refractivity contribution in [1.82, 2.24) is 19.8 Å². The van der Waals surface area contributed by atoms with Crippen molar-refractivity contribution in [2.75, 3.05) is 20.1 Å². The van der Waals surface area contributed by atoms with Gasteiger partial charge in [-0.05, 0) is 32.0 Å². The molecule has 124 valence electrons. The fourth-order valence-electron chi connectivity index (χ4n) is 3.66. The lowest BCUT2D eigenvalue weighted by Crippen LogP contribution is -2.32. The Labute approximate surface area is 142 Å². The summed E-state index contributed by atoms with van der Waals surface area (Å²) in [7, 11) is 2.12. The molecule has 4 rings (SSSR count). The Morgan fingerprint density at radius 1 is 1.21 bits per heavy atom. The highest BCUT2D eigenvalue weighted by Gasteiger charge is 2.33. The van der Waals surface area contributed by atoms with Gasteiger partial charge in [-0.1, -0.05) is 18.2 Å². The zero-order valence-electron chi connectivity index (χ0n) is 14.0. The van der Waals surface area contributed by atoms with Crippen molar-refractivity contribution in [1.29, 1.82) is 0 Å². The van der Waals surface area contributed by atoms with Crippen LogP contribution in [0.25, 0.3) is 0 Å². The first kappa shape index (κ1) is 15.3. The average molecular weight is 322 g/mol. The maximum Gasteiger partial charge on any atom is 0.254 e. The summed E-state index contributed by atoms with van der Waals surface area (Å²) in [6.45, 7) is 2.72. The third-order valence-corrected chi connectivity index (χ3v) is 4.98. The molecule has 1 atom stereocenters. The zero-order chi connectivity index (χ0) is 16.5. The van der Waals surface area contributed by atoms with E-state index in [4.69, 9.17) is 4.98 Å². The van der Waals surface area contributed by atoms with Crippen molar-refractivity contribution in [3.05, 3.63) is 59.2 Å². The number of benzene rings is 1. The normalized spacial score (nSPS) is 20.9. The molecule has 2 aromatic rings. The second kappa shape index (κ2) is 6.32. The molecule has 0 N–H and O–H groups in total. The first-order valence-electron chi connectivity index (χ1n) is 8.61. The Balaban J connectivity index is 1.60. The number of fused-ring (bicyclic) bond motifs is 1. The first-order chi connectivity index (χ1) is 11.7. The van der Waals surface area contributed by atoms with E-state index in [1.165, 1.54) is 5.56 Å². The Kier molecular flexibility index (Phi) is 4.02. The molecular weight excluding hydrogens is 300 g/mol. The van der Waals surface area contributed by atoms with Gasteiger partial charge in [0.05, 0.1) is 6.04 Å². The van der Waals surface area contributed by atoms with E-state index in [1.54, 1.807) is 0 Å². The first-order valence-corrected chi connectivity index (χ1v) is 8.61. The number of carbonyl (C=O) groups is 1. The van der Waals surface area contributed by atoms with E-state index in [2.05, 4.69) is 16.9 Å². The van der Waals surface area contributed by atoms with Gasteiger partial charge in [0.15, 0.2) is 5.82 Å². The van der Waals surface area contributed by atoms with E-state index in [0.29, 0.717) is 0 Å². The third-order valence-electron chi connectivity index (χ3n) is 4.98. The number of hydrogen-bond donors (Lipinski definition) is 0. The van der Waals surface area contributed by atoms with Gasteiger partial charge in [0, 0.05) is 49.1 Å². The van der Waals surface area contributed by atoms with Gasteiger partial charge in [-0.2, -0.15) is 0 Å².